The van der Waals surface area contributed by atoms with Crippen LogP contribution in [-0.2, 0) is 6.42 Å². The van der Waals surface area contributed by atoms with Crippen molar-refractivity contribution >= 4 is 27.9 Å². The molecule has 0 amide bonds. The highest BCUT2D eigenvalue weighted by molar-refractivity contribution is 5.96. The molecule has 0 spiro atoms. The zero-order valence-electron chi connectivity index (χ0n) is 13.2. The van der Waals surface area contributed by atoms with Crippen molar-refractivity contribution in [2.45, 2.75) is 32.1 Å². The molecule has 0 atom stereocenters. The average Bonchev–Trinajstić information content (AvgIpc) is 3.07. The van der Waals surface area contributed by atoms with E-state index in [0.717, 1.165) is 12.3 Å². The van der Waals surface area contributed by atoms with Gasteiger partial charge in [-0.05, 0) is 48.2 Å². The van der Waals surface area contributed by atoms with E-state index < -0.39 is 5.97 Å². The minimum atomic E-state index is -1.05. The van der Waals surface area contributed by atoms with Crippen LogP contribution in [-0.4, -0.2) is 11.1 Å². The van der Waals surface area contributed by atoms with Crippen molar-refractivity contribution in [1.29, 1.82) is 0 Å². The molecule has 2 aromatic carbocycles. The monoisotopic (exact) mass is 322 g/mol. The van der Waals surface area contributed by atoms with Crippen LogP contribution in [0.3, 0.4) is 0 Å². The summed E-state index contributed by atoms with van der Waals surface area (Å²) in [6.45, 7) is 0. The summed E-state index contributed by atoms with van der Waals surface area (Å²) < 4.78 is 5.87. The highest BCUT2D eigenvalue weighted by Gasteiger charge is 2.16. The summed E-state index contributed by atoms with van der Waals surface area (Å²) in [4.78, 5) is 23.8. The largest absolute Gasteiger partial charge is 0.478 e. The second-order valence-corrected chi connectivity index (χ2v) is 6.63. The maximum atomic E-state index is 12.7. The van der Waals surface area contributed by atoms with Gasteiger partial charge in [-0.3, -0.25) is 4.79 Å². The Balaban J connectivity index is 1.82. The molecular weight excluding hydrogens is 304 g/mol. The molecule has 0 saturated heterocycles. The first-order valence-corrected chi connectivity index (χ1v) is 8.34. The van der Waals surface area contributed by atoms with E-state index in [4.69, 9.17) is 9.52 Å². The fourth-order valence-corrected chi connectivity index (χ4v) is 3.71. The third-order valence-corrected chi connectivity index (χ3v) is 4.98. The second-order valence-electron chi connectivity index (χ2n) is 6.63. The number of rotatable bonds is 3. The standard InChI is InChI=1S/C20H18O4/c21-19-15-7-5-13(9-12-3-1-2-4-12)10-18(15)24-17-8-6-14(20(22)23)11-16(17)19/h5-8,10-12H,1-4,9H2,(H,22,23). The SMILES string of the molecule is O=C(O)c1ccc2oc3cc(CC4CCCC4)ccc3c(=O)c2c1. The Bertz CT molecular complexity index is 994. The normalized spacial score (nSPS) is 15.3. The van der Waals surface area contributed by atoms with Gasteiger partial charge in [-0.2, -0.15) is 0 Å². The van der Waals surface area contributed by atoms with Crippen LogP contribution in [0.15, 0.2) is 45.6 Å². The number of benzene rings is 2. The molecule has 1 N–H and O–H groups in total. The van der Waals surface area contributed by atoms with E-state index >= 15 is 0 Å². The topological polar surface area (TPSA) is 67.5 Å². The fourth-order valence-electron chi connectivity index (χ4n) is 3.71. The summed E-state index contributed by atoms with van der Waals surface area (Å²) >= 11 is 0. The summed E-state index contributed by atoms with van der Waals surface area (Å²) in [6, 6.07) is 10.2. The van der Waals surface area contributed by atoms with E-state index in [-0.39, 0.29) is 11.0 Å². The lowest BCUT2D eigenvalue weighted by atomic mass is 9.97. The van der Waals surface area contributed by atoms with E-state index in [1.807, 2.05) is 12.1 Å². The molecule has 1 fully saturated rings. The zero-order chi connectivity index (χ0) is 16.7. The molecule has 1 aromatic heterocycles. The first kappa shape index (κ1) is 14.9. The molecular formula is C20H18O4. The molecule has 0 bridgehead atoms. The Morgan fingerprint density at radius 1 is 1.04 bits per heavy atom. The van der Waals surface area contributed by atoms with E-state index in [1.54, 1.807) is 12.1 Å². The Kier molecular flexibility index (Phi) is 3.60. The molecule has 1 heterocycles. The Hall–Kier alpha value is -2.62. The van der Waals surface area contributed by atoms with Gasteiger partial charge in [0.25, 0.3) is 0 Å². The first-order chi connectivity index (χ1) is 11.6. The highest BCUT2D eigenvalue weighted by atomic mass is 16.4. The zero-order valence-corrected chi connectivity index (χ0v) is 13.2. The van der Waals surface area contributed by atoms with Crippen LogP contribution in [0.2, 0.25) is 0 Å². The van der Waals surface area contributed by atoms with Crippen LogP contribution in [0.4, 0.5) is 0 Å². The lowest BCUT2D eigenvalue weighted by molar-refractivity contribution is 0.0697. The van der Waals surface area contributed by atoms with Gasteiger partial charge in [0.2, 0.25) is 5.43 Å². The van der Waals surface area contributed by atoms with Gasteiger partial charge in [0.15, 0.2) is 0 Å². The molecule has 24 heavy (non-hydrogen) atoms. The third-order valence-electron chi connectivity index (χ3n) is 4.98. The number of carboxylic acids is 1. The molecule has 0 radical (unpaired) electrons. The molecule has 122 valence electrons. The third kappa shape index (κ3) is 2.58. The summed E-state index contributed by atoms with van der Waals surface area (Å²) in [6.07, 6.45) is 6.19. The van der Waals surface area contributed by atoms with Crippen LogP contribution in [0.5, 0.6) is 0 Å². The maximum absolute atomic E-state index is 12.7. The number of hydrogen-bond donors (Lipinski definition) is 1. The number of aromatic carboxylic acids is 1. The molecule has 4 heteroatoms. The number of hydrogen-bond acceptors (Lipinski definition) is 3. The predicted octanol–water partition coefficient (Wildman–Crippen LogP) is 4.38. The van der Waals surface area contributed by atoms with Crippen molar-refractivity contribution in [3.8, 4) is 0 Å². The van der Waals surface area contributed by atoms with Crippen LogP contribution in [0.1, 0.15) is 41.6 Å². The Morgan fingerprint density at radius 3 is 2.58 bits per heavy atom. The Labute approximate surface area is 138 Å². The van der Waals surface area contributed by atoms with Gasteiger partial charge in [0.1, 0.15) is 11.2 Å². The summed E-state index contributed by atoms with van der Waals surface area (Å²) in [7, 11) is 0. The molecule has 4 rings (SSSR count). The van der Waals surface area contributed by atoms with Crippen LogP contribution in [0.25, 0.3) is 21.9 Å². The van der Waals surface area contributed by atoms with Crippen molar-refractivity contribution in [1.82, 2.24) is 0 Å². The molecule has 1 aliphatic carbocycles. The number of carboxylic acid groups (broad SMARTS) is 1. The van der Waals surface area contributed by atoms with Gasteiger partial charge in [-0.15, -0.1) is 0 Å². The lowest BCUT2D eigenvalue weighted by Crippen LogP contribution is -2.05. The molecule has 3 aromatic rings. The number of fused-ring (bicyclic) bond motifs is 2. The summed E-state index contributed by atoms with van der Waals surface area (Å²) in [5.41, 5.74) is 2.11. The second kappa shape index (κ2) is 5.78. The molecule has 0 aliphatic heterocycles. The maximum Gasteiger partial charge on any atom is 0.335 e. The van der Waals surface area contributed by atoms with E-state index in [9.17, 15) is 9.59 Å². The summed E-state index contributed by atoms with van der Waals surface area (Å²) in [5, 5.41) is 9.90. The minimum absolute atomic E-state index is 0.0898. The lowest BCUT2D eigenvalue weighted by Gasteiger charge is -2.09. The van der Waals surface area contributed by atoms with Crippen molar-refractivity contribution in [2.24, 2.45) is 5.92 Å². The quantitative estimate of drug-likeness (QED) is 0.727. The van der Waals surface area contributed by atoms with Gasteiger partial charge in [-0.25, -0.2) is 4.79 Å². The van der Waals surface area contributed by atoms with E-state index in [0.29, 0.717) is 21.9 Å². The van der Waals surface area contributed by atoms with E-state index in [2.05, 4.69) is 0 Å². The number of carbonyl (C=O) groups is 1. The molecule has 1 aliphatic rings. The van der Waals surface area contributed by atoms with Crippen molar-refractivity contribution in [3.05, 3.63) is 57.7 Å². The predicted molar refractivity (Wildman–Crippen MR) is 92.6 cm³/mol. The van der Waals surface area contributed by atoms with Gasteiger partial charge in [0.05, 0.1) is 16.3 Å². The van der Waals surface area contributed by atoms with Gasteiger partial charge in [0, 0.05) is 0 Å². The minimum Gasteiger partial charge on any atom is -0.478 e. The fraction of sp³-hybridized carbons (Fsp3) is 0.300. The van der Waals surface area contributed by atoms with Crippen LogP contribution >= 0.6 is 0 Å². The highest BCUT2D eigenvalue weighted by Crippen LogP contribution is 2.29. The van der Waals surface area contributed by atoms with Gasteiger partial charge in [-0.1, -0.05) is 31.7 Å². The van der Waals surface area contributed by atoms with Crippen molar-refractivity contribution in [3.63, 3.8) is 0 Å². The first-order valence-electron chi connectivity index (χ1n) is 8.34. The van der Waals surface area contributed by atoms with Crippen LogP contribution < -0.4 is 5.43 Å². The Morgan fingerprint density at radius 2 is 1.83 bits per heavy atom. The molecule has 0 unspecified atom stereocenters. The molecule has 4 nitrogen and oxygen atoms in total. The van der Waals surface area contributed by atoms with Crippen LogP contribution in [0, 0.1) is 5.92 Å². The van der Waals surface area contributed by atoms with Crippen molar-refractivity contribution < 1.29 is 14.3 Å². The van der Waals surface area contributed by atoms with Gasteiger partial charge < -0.3 is 9.52 Å². The smallest absolute Gasteiger partial charge is 0.335 e. The van der Waals surface area contributed by atoms with Gasteiger partial charge >= 0.3 is 5.97 Å². The molecule has 1 saturated carbocycles. The summed E-state index contributed by atoms with van der Waals surface area (Å²) in [5.74, 6) is -0.323. The van der Waals surface area contributed by atoms with E-state index in [1.165, 1.54) is 43.4 Å². The average molecular weight is 322 g/mol. The van der Waals surface area contributed by atoms with Crippen molar-refractivity contribution in [2.75, 3.05) is 0 Å².